The Labute approximate surface area is 209 Å². The normalized spacial score (nSPS) is 37.0. The lowest BCUT2D eigenvalue weighted by Crippen LogP contribution is -2.51. The van der Waals surface area contributed by atoms with Gasteiger partial charge in [0.2, 0.25) is 0 Å². The number of nitrogens with one attached hydrogen (secondary N) is 1. The maximum absolute atomic E-state index is 12.4. The van der Waals surface area contributed by atoms with Gasteiger partial charge in [-0.25, -0.2) is 0 Å². The summed E-state index contributed by atoms with van der Waals surface area (Å²) in [4.78, 5) is 34.0. The number of pyridine rings is 1. The van der Waals surface area contributed by atoms with Crippen LogP contribution in [0.2, 0.25) is 0 Å². The molecule has 0 radical (unpaired) electrons. The molecule has 1 N–H and O–H groups in total. The average Bonchev–Trinajstić information content (AvgIpc) is 3.21. The molecule has 6 heteroatoms. The summed E-state index contributed by atoms with van der Waals surface area (Å²) in [6, 6.07) is 3.78. The van der Waals surface area contributed by atoms with Crippen molar-refractivity contribution < 1.29 is 14.4 Å². The minimum absolute atomic E-state index is 0.0769. The van der Waals surface area contributed by atoms with E-state index >= 15 is 0 Å². The molecule has 0 aliphatic heterocycles. The Morgan fingerprint density at radius 2 is 2.00 bits per heavy atom. The molecule has 0 aromatic carbocycles. The second kappa shape index (κ2) is 9.51. The Bertz CT molecular complexity index is 1030. The number of Topliss-reactive ketones (excluding diaryl/α,β-unsaturated/α-hetero) is 1. The van der Waals surface area contributed by atoms with Crippen LogP contribution in [0.25, 0.3) is 0 Å². The van der Waals surface area contributed by atoms with Crippen molar-refractivity contribution in [3.63, 3.8) is 0 Å². The van der Waals surface area contributed by atoms with E-state index < -0.39 is 0 Å². The summed E-state index contributed by atoms with van der Waals surface area (Å²) in [5.41, 5.74) is 3.85. The minimum atomic E-state index is -0.183. The van der Waals surface area contributed by atoms with Crippen LogP contribution in [0.4, 0.5) is 0 Å². The standard InChI is InChI=1S/C29H39N3O3/c1-19(33)24-8-9-25-23-7-6-21-15-22(10-12-28(21,2)26(23)11-13-29(24,25)3)32-35-18-27(34)31-17-20-5-4-14-30-16-20/h4-5,14-16,23-26H,6-13,17-18H2,1-3H3,(H,31,34). The number of aromatic nitrogens is 1. The van der Waals surface area contributed by atoms with Crippen LogP contribution in [0.5, 0.6) is 0 Å². The fourth-order valence-corrected chi connectivity index (χ4v) is 8.24. The summed E-state index contributed by atoms with van der Waals surface area (Å²) in [6.45, 7) is 7.05. The Kier molecular flexibility index (Phi) is 6.58. The number of allylic oxidation sites excluding steroid dienone is 2. The summed E-state index contributed by atoms with van der Waals surface area (Å²) in [5.74, 6) is 2.61. The molecule has 6 atom stereocenters. The highest BCUT2D eigenvalue weighted by Gasteiger charge is 2.59. The molecule has 5 rings (SSSR count). The summed E-state index contributed by atoms with van der Waals surface area (Å²) in [7, 11) is 0. The molecule has 4 aliphatic carbocycles. The van der Waals surface area contributed by atoms with E-state index in [1.54, 1.807) is 12.4 Å². The van der Waals surface area contributed by atoms with Crippen molar-refractivity contribution in [2.75, 3.05) is 6.61 Å². The van der Waals surface area contributed by atoms with Crippen molar-refractivity contribution in [2.45, 2.75) is 78.7 Å². The van der Waals surface area contributed by atoms with Crippen LogP contribution in [0.3, 0.4) is 0 Å². The second-order valence-corrected chi connectivity index (χ2v) is 11.8. The van der Waals surface area contributed by atoms with Gasteiger partial charge < -0.3 is 10.2 Å². The number of fused-ring (bicyclic) bond motifs is 5. The molecule has 6 unspecified atom stereocenters. The first kappa shape index (κ1) is 24.2. The minimum Gasteiger partial charge on any atom is -0.385 e. The zero-order valence-corrected chi connectivity index (χ0v) is 21.4. The maximum atomic E-state index is 12.4. The van der Waals surface area contributed by atoms with Gasteiger partial charge in [-0.2, -0.15) is 0 Å². The number of ketones is 1. The molecule has 3 fully saturated rings. The van der Waals surface area contributed by atoms with Crippen LogP contribution in [-0.4, -0.2) is 29.0 Å². The quantitative estimate of drug-likeness (QED) is 0.568. The number of hydrogen-bond donors (Lipinski definition) is 1. The lowest BCUT2D eigenvalue weighted by molar-refractivity contribution is -0.128. The number of rotatable bonds is 6. The van der Waals surface area contributed by atoms with Gasteiger partial charge >= 0.3 is 0 Å². The molecule has 4 aliphatic rings. The van der Waals surface area contributed by atoms with E-state index in [2.05, 4.69) is 35.4 Å². The fraction of sp³-hybridized carbons (Fsp3) is 0.655. The highest BCUT2D eigenvalue weighted by molar-refractivity contribution is 5.96. The SMILES string of the molecule is CC(=O)C1CCC2C3CCC4=CC(=NOCC(=O)NCc5cccnc5)CCC4(C)C3CCC12C. The van der Waals surface area contributed by atoms with Gasteiger partial charge in [-0.05, 0) is 105 Å². The number of nitrogens with zero attached hydrogens (tertiary/aromatic N) is 2. The Morgan fingerprint density at radius 1 is 1.14 bits per heavy atom. The molecule has 1 aromatic rings. The van der Waals surface area contributed by atoms with Crippen molar-refractivity contribution in [1.29, 1.82) is 0 Å². The van der Waals surface area contributed by atoms with Gasteiger partial charge in [-0.15, -0.1) is 0 Å². The first-order chi connectivity index (χ1) is 16.8. The van der Waals surface area contributed by atoms with Gasteiger partial charge in [0.05, 0.1) is 5.71 Å². The van der Waals surface area contributed by atoms with E-state index in [4.69, 9.17) is 4.84 Å². The van der Waals surface area contributed by atoms with Crippen LogP contribution in [0.1, 0.15) is 77.7 Å². The molecule has 35 heavy (non-hydrogen) atoms. The van der Waals surface area contributed by atoms with Gasteiger partial charge in [0.15, 0.2) is 6.61 Å². The molecule has 1 heterocycles. The Balaban J connectivity index is 1.20. The van der Waals surface area contributed by atoms with E-state index in [-0.39, 0.29) is 29.3 Å². The molecule has 188 valence electrons. The molecule has 1 aromatic heterocycles. The second-order valence-electron chi connectivity index (χ2n) is 11.8. The molecule has 0 bridgehead atoms. The van der Waals surface area contributed by atoms with Crippen molar-refractivity contribution in [3.05, 3.63) is 41.7 Å². The predicted octanol–water partition coefficient (Wildman–Crippen LogP) is 5.24. The Hall–Kier alpha value is -2.50. The van der Waals surface area contributed by atoms with Crippen molar-refractivity contribution in [2.24, 2.45) is 39.7 Å². The van der Waals surface area contributed by atoms with Gasteiger partial charge in [-0.1, -0.05) is 30.6 Å². The van der Waals surface area contributed by atoms with E-state index in [9.17, 15) is 9.59 Å². The summed E-state index contributed by atoms with van der Waals surface area (Å²) < 4.78 is 0. The van der Waals surface area contributed by atoms with Gasteiger partial charge in [-0.3, -0.25) is 14.6 Å². The molecule has 6 nitrogen and oxygen atoms in total. The monoisotopic (exact) mass is 477 g/mol. The number of carbonyl (C=O) groups excluding carboxylic acids is 2. The highest BCUT2D eigenvalue weighted by Crippen LogP contribution is 2.66. The Morgan fingerprint density at radius 3 is 2.77 bits per heavy atom. The molecular weight excluding hydrogens is 438 g/mol. The van der Waals surface area contributed by atoms with Crippen LogP contribution in [-0.2, 0) is 21.0 Å². The zero-order chi connectivity index (χ0) is 24.6. The molecular formula is C29H39N3O3. The van der Waals surface area contributed by atoms with Gasteiger partial charge in [0.25, 0.3) is 5.91 Å². The van der Waals surface area contributed by atoms with E-state index in [0.29, 0.717) is 24.2 Å². The number of hydrogen-bond acceptors (Lipinski definition) is 5. The van der Waals surface area contributed by atoms with Crippen LogP contribution in [0.15, 0.2) is 41.3 Å². The third-order valence-corrected chi connectivity index (χ3v) is 10.1. The maximum Gasteiger partial charge on any atom is 0.261 e. The van der Waals surface area contributed by atoms with Gasteiger partial charge in [0, 0.05) is 24.9 Å². The first-order valence-corrected chi connectivity index (χ1v) is 13.4. The van der Waals surface area contributed by atoms with E-state index in [0.717, 1.165) is 42.9 Å². The van der Waals surface area contributed by atoms with Crippen LogP contribution >= 0.6 is 0 Å². The van der Waals surface area contributed by atoms with Crippen LogP contribution in [0, 0.1) is 34.5 Å². The van der Waals surface area contributed by atoms with Crippen LogP contribution < -0.4 is 5.32 Å². The number of amides is 1. The lowest BCUT2D eigenvalue weighted by atomic mass is 9.46. The smallest absolute Gasteiger partial charge is 0.261 e. The first-order valence-electron chi connectivity index (χ1n) is 13.4. The highest BCUT2D eigenvalue weighted by atomic mass is 16.6. The molecule has 3 saturated carbocycles. The molecule has 0 saturated heterocycles. The van der Waals surface area contributed by atoms with E-state index in [1.807, 2.05) is 19.1 Å². The zero-order valence-electron chi connectivity index (χ0n) is 21.4. The third-order valence-electron chi connectivity index (χ3n) is 10.1. The molecule has 0 spiro atoms. The number of carbonyl (C=O) groups is 2. The largest absolute Gasteiger partial charge is 0.385 e. The third kappa shape index (κ3) is 4.45. The van der Waals surface area contributed by atoms with Gasteiger partial charge in [0.1, 0.15) is 5.78 Å². The van der Waals surface area contributed by atoms with E-state index in [1.165, 1.54) is 31.3 Å². The number of oxime groups is 1. The van der Waals surface area contributed by atoms with Crippen molar-refractivity contribution in [3.8, 4) is 0 Å². The average molecular weight is 478 g/mol. The summed E-state index contributed by atoms with van der Waals surface area (Å²) in [5, 5.41) is 7.17. The molecule has 1 amide bonds. The predicted molar refractivity (Wildman–Crippen MR) is 135 cm³/mol. The summed E-state index contributed by atoms with van der Waals surface area (Å²) >= 11 is 0. The lowest BCUT2D eigenvalue weighted by Gasteiger charge is -2.58. The van der Waals surface area contributed by atoms with Crippen molar-refractivity contribution in [1.82, 2.24) is 10.3 Å². The summed E-state index contributed by atoms with van der Waals surface area (Å²) in [6.07, 6.45) is 14.7. The fourth-order valence-electron chi connectivity index (χ4n) is 8.24. The topological polar surface area (TPSA) is 80.6 Å². The van der Waals surface area contributed by atoms with Crippen molar-refractivity contribution >= 4 is 17.4 Å².